The molecule has 2 N–H and O–H groups in total. The van der Waals surface area contributed by atoms with Gasteiger partial charge in [0.25, 0.3) is 5.91 Å². The molecule has 0 fully saturated rings. The summed E-state index contributed by atoms with van der Waals surface area (Å²) < 4.78 is 6.19. The van der Waals surface area contributed by atoms with Crippen LogP contribution in [0.5, 0.6) is 5.75 Å². The number of nitrogens with one attached hydrogen (secondary N) is 1. The summed E-state index contributed by atoms with van der Waals surface area (Å²) in [6.45, 7) is 4.70. The molecule has 4 nitrogen and oxygen atoms in total. The van der Waals surface area contributed by atoms with Crippen LogP contribution in [0.2, 0.25) is 0 Å². The van der Waals surface area contributed by atoms with Gasteiger partial charge < -0.3 is 15.2 Å². The number of benzene rings is 1. The predicted molar refractivity (Wildman–Crippen MR) is 78.0 cm³/mol. The maximum Gasteiger partial charge on any atom is 0.257 e. The Balaban J connectivity index is 2.46. The fourth-order valence-electron chi connectivity index (χ4n) is 1.53. The Kier molecular flexibility index (Phi) is 6.87. The van der Waals surface area contributed by atoms with Gasteiger partial charge in [0, 0.05) is 12.1 Å². The fourth-order valence-corrected chi connectivity index (χ4v) is 2.05. The van der Waals surface area contributed by atoms with Crippen LogP contribution in [0.25, 0.3) is 0 Å². The lowest BCUT2D eigenvalue weighted by Crippen LogP contribution is -2.30. The molecule has 0 radical (unpaired) electrons. The Hall–Kier alpha value is -1.07. The van der Waals surface area contributed by atoms with Crippen molar-refractivity contribution in [1.82, 2.24) is 5.32 Å². The van der Waals surface area contributed by atoms with Crippen molar-refractivity contribution in [3.05, 3.63) is 28.2 Å². The van der Waals surface area contributed by atoms with Gasteiger partial charge >= 0.3 is 0 Å². The molecule has 0 aliphatic heterocycles. The SMILES string of the molecule is CC(C)CCNC(=O)COc1c(Br)cccc1CO. The molecule has 0 spiro atoms. The lowest BCUT2D eigenvalue weighted by Gasteiger charge is -2.12. The first-order valence-electron chi connectivity index (χ1n) is 6.32. The maximum atomic E-state index is 11.6. The third-order valence-corrected chi connectivity index (χ3v) is 3.23. The largest absolute Gasteiger partial charge is 0.482 e. The second kappa shape index (κ2) is 8.17. The average molecular weight is 330 g/mol. The summed E-state index contributed by atoms with van der Waals surface area (Å²) >= 11 is 3.34. The van der Waals surface area contributed by atoms with Crippen molar-refractivity contribution in [3.63, 3.8) is 0 Å². The van der Waals surface area contributed by atoms with Crippen molar-refractivity contribution in [2.75, 3.05) is 13.2 Å². The van der Waals surface area contributed by atoms with Crippen LogP contribution in [0, 0.1) is 5.92 Å². The van der Waals surface area contributed by atoms with Crippen molar-refractivity contribution >= 4 is 21.8 Å². The van der Waals surface area contributed by atoms with Crippen LogP contribution in [0.3, 0.4) is 0 Å². The van der Waals surface area contributed by atoms with Gasteiger partial charge in [-0.1, -0.05) is 26.0 Å². The number of carbonyl (C=O) groups is 1. The molecule has 1 aromatic carbocycles. The Morgan fingerprint density at radius 3 is 2.84 bits per heavy atom. The molecule has 0 aliphatic carbocycles. The van der Waals surface area contributed by atoms with Crippen molar-refractivity contribution < 1.29 is 14.6 Å². The third kappa shape index (κ3) is 5.61. The number of halogens is 1. The Morgan fingerprint density at radius 2 is 2.21 bits per heavy atom. The van der Waals surface area contributed by atoms with Crippen molar-refractivity contribution in [2.24, 2.45) is 5.92 Å². The van der Waals surface area contributed by atoms with Crippen molar-refractivity contribution in [2.45, 2.75) is 26.9 Å². The highest BCUT2D eigenvalue weighted by Crippen LogP contribution is 2.28. The van der Waals surface area contributed by atoms with Gasteiger partial charge in [-0.05, 0) is 34.3 Å². The molecule has 0 saturated carbocycles. The first-order valence-corrected chi connectivity index (χ1v) is 7.11. The molecule has 1 aromatic rings. The van der Waals surface area contributed by atoms with Crippen molar-refractivity contribution in [3.8, 4) is 5.75 Å². The molecule has 0 atom stereocenters. The Morgan fingerprint density at radius 1 is 1.47 bits per heavy atom. The summed E-state index contributed by atoms with van der Waals surface area (Å²) in [7, 11) is 0. The van der Waals surface area contributed by atoms with Gasteiger partial charge in [-0.3, -0.25) is 4.79 Å². The topological polar surface area (TPSA) is 58.6 Å². The Labute approximate surface area is 122 Å². The molecule has 1 amide bonds. The second-order valence-corrected chi connectivity index (χ2v) is 5.56. The zero-order valence-electron chi connectivity index (χ0n) is 11.3. The third-order valence-electron chi connectivity index (χ3n) is 2.61. The smallest absolute Gasteiger partial charge is 0.257 e. The first-order chi connectivity index (χ1) is 9.04. The van der Waals surface area contributed by atoms with Crippen LogP contribution in [-0.4, -0.2) is 24.2 Å². The van der Waals surface area contributed by atoms with E-state index in [0.717, 1.165) is 10.9 Å². The van der Waals surface area contributed by atoms with Gasteiger partial charge in [-0.25, -0.2) is 0 Å². The monoisotopic (exact) mass is 329 g/mol. The van der Waals surface area contributed by atoms with E-state index in [1.54, 1.807) is 6.07 Å². The number of ether oxygens (including phenoxy) is 1. The van der Waals surface area contributed by atoms with Crippen LogP contribution in [0.4, 0.5) is 0 Å². The normalized spacial score (nSPS) is 10.6. The number of aliphatic hydroxyl groups is 1. The molecule has 0 aliphatic rings. The molecule has 0 bridgehead atoms. The van der Waals surface area contributed by atoms with Gasteiger partial charge in [-0.2, -0.15) is 0 Å². The van der Waals surface area contributed by atoms with Gasteiger partial charge in [0.2, 0.25) is 0 Å². The van der Waals surface area contributed by atoms with E-state index < -0.39 is 0 Å². The minimum absolute atomic E-state index is 0.0479. The zero-order chi connectivity index (χ0) is 14.3. The highest BCUT2D eigenvalue weighted by molar-refractivity contribution is 9.10. The summed E-state index contributed by atoms with van der Waals surface area (Å²) in [4.78, 5) is 11.6. The number of para-hydroxylation sites is 1. The lowest BCUT2D eigenvalue weighted by molar-refractivity contribution is -0.123. The van der Waals surface area contributed by atoms with Gasteiger partial charge in [0.15, 0.2) is 6.61 Å². The quantitative estimate of drug-likeness (QED) is 0.808. The summed E-state index contributed by atoms with van der Waals surface area (Å²) in [5.41, 5.74) is 0.657. The van der Waals surface area contributed by atoms with E-state index in [1.165, 1.54) is 0 Å². The van der Waals surface area contributed by atoms with Crippen molar-refractivity contribution in [1.29, 1.82) is 0 Å². The summed E-state index contributed by atoms with van der Waals surface area (Å²) in [5.74, 6) is 0.926. The Bertz CT molecular complexity index is 421. The van der Waals surface area contributed by atoms with Crippen LogP contribution in [0.15, 0.2) is 22.7 Å². The lowest BCUT2D eigenvalue weighted by atomic mass is 10.1. The number of hydrogen-bond acceptors (Lipinski definition) is 3. The molecular formula is C14H20BrNO3. The first kappa shape index (κ1) is 16.0. The van der Waals surface area contributed by atoms with Crippen LogP contribution in [-0.2, 0) is 11.4 Å². The highest BCUT2D eigenvalue weighted by Gasteiger charge is 2.09. The molecule has 0 saturated heterocycles. The van der Waals surface area contributed by atoms with E-state index in [0.29, 0.717) is 23.8 Å². The molecule has 19 heavy (non-hydrogen) atoms. The van der Waals surface area contributed by atoms with Gasteiger partial charge in [0.1, 0.15) is 5.75 Å². The van der Waals surface area contributed by atoms with E-state index in [4.69, 9.17) is 4.74 Å². The summed E-state index contributed by atoms with van der Waals surface area (Å²) in [5, 5.41) is 12.0. The molecular weight excluding hydrogens is 310 g/mol. The van der Waals surface area contributed by atoms with E-state index in [-0.39, 0.29) is 19.1 Å². The minimum Gasteiger partial charge on any atom is -0.482 e. The maximum absolute atomic E-state index is 11.6. The average Bonchev–Trinajstić information content (AvgIpc) is 2.36. The van der Waals surface area contributed by atoms with E-state index >= 15 is 0 Å². The molecule has 106 valence electrons. The van der Waals surface area contributed by atoms with Crippen LogP contribution < -0.4 is 10.1 Å². The standard InChI is InChI=1S/C14H20BrNO3/c1-10(2)6-7-16-13(18)9-19-14-11(8-17)4-3-5-12(14)15/h3-5,10,17H,6-9H2,1-2H3,(H,16,18). The predicted octanol–water partition coefficient (Wildman–Crippen LogP) is 2.48. The highest BCUT2D eigenvalue weighted by atomic mass is 79.9. The van der Waals surface area contributed by atoms with Gasteiger partial charge in [-0.15, -0.1) is 0 Å². The number of amides is 1. The molecule has 0 aromatic heterocycles. The minimum atomic E-state index is -0.153. The van der Waals surface area contributed by atoms with E-state index in [2.05, 4.69) is 35.1 Å². The van der Waals surface area contributed by atoms with Crippen LogP contribution >= 0.6 is 15.9 Å². The van der Waals surface area contributed by atoms with E-state index in [1.807, 2.05) is 12.1 Å². The van der Waals surface area contributed by atoms with Gasteiger partial charge in [0.05, 0.1) is 11.1 Å². The number of hydrogen-bond donors (Lipinski definition) is 2. The second-order valence-electron chi connectivity index (χ2n) is 4.71. The molecule has 0 heterocycles. The summed E-state index contributed by atoms with van der Waals surface area (Å²) in [6, 6.07) is 5.38. The molecule has 5 heteroatoms. The van der Waals surface area contributed by atoms with E-state index in [9.17, 15) is 9.90 Å². The zero-order valence-corrected chi connectivity index (χ0v) is 12.9. The number of aliphatic hydroxyl groups excluding tert-OH is 1. The molecule has 1 rings (SSSR count). The number of carbonyl (C=O) groups excluding carboxylic acids is 1. The summed E-state index contributed by atoms with van der Waals surface area (Å²) in [6.07, 6.45) is 0.947. The number of rotatable bonds is 7. The van der Waals surface area contributed by atoms with Crippen LogP contribution in [0.1, 0.15) is 25.8 Å². The fraction of sp³-hybridized carbons (Fsp3) is 0.500. The molecule has 0 unspecified atom stereocenters.